The van der Waals surface area contributed by atoms with Crippen molar-refractivity contribution in [2.45, 2.75) is 26.4 Å². The van der Waals surface area contributed by atoms with E-state index in [0.717, 1.165) is 6.42 Å². The van der Waals surface area contributed by atoms with E-state index in [-0.39, 0.29) is 12.2 Å². The molecule has 0 aliphatic carbocycles. The van der Waals surface area contributed by atoms with E-state index in [1.165, 1.54) is 6.92 Å². The van der Waals surface area contributed by atoms with E-state index >= 15 is 0 Å². The van der Waals surface area contributed by atoms with Crippen LogP contribution in [0.15, 0.2) is 11.8 Å². The number of allylic oxidation sites excluding steroid dienone is 2. The number of alkyl halides is 3. The fraction of sp³-hybridized carbons (Fsp3) is 0.545. The molecule has 0 aromatic heterocycles. The first-order chi connectivity index (χ1) is 7.32. The maximum Gasteiger partial charge on any atom is 0.454 e. The SMILES string of the molecule is C#CCN(CCC)/C(C)=C/C(=O)C(F)(F)F. The zero-order chi connectivity index (χ0) is 12.8. The summed E-state index contributed by atoms with van der Waals surface area (Å²) in [7, 11) is 0. The molecule has 0 atom stereocenters. The van der Waals surface area contributed by atoms with Gasteiger partial charge in [0.1, 0.15) is 0 Å². The molecule has 0 amide bonds. The summed E-state index contributed by atoms with van der Waals surface area (Å²) in [6, 6.07) is 0. The van der Waals surface area contributed by atoms with Crippen molar-refractivity contribution in [2.24, 2.45) is 0 Å². The molecule has 5 heteroatoms. The maximum atomic E-state index is 12.0. The molecule has 0 rings (SSSR count). The largest absolute Gasteiger partial charge is 0.454 e. The molecule has 0 unspecified atom stereocenters. The molecule has 0 spiro atoms. The Morgan fingerprint density at radius 3 is 2.44 bits per heavy atom. The Balaban J connectivity index is 4.73. The average molecular weight is 233 g/mol. The molecule has 0 saturated carbocycles. The van der Waals surface area contributed by atoms with Gasteiger partial charge in [0.25, 0.3) is 5.78 Å². The van der Waals surface area contributed by atoms with Crippen LogP contribution in [-0.2, 0) is 4.79 Å². The number of nitrogens with zero attached hydrogens (tertiary/aromatic N) is 1. The van der Waals surface area contributed by atoms with Gasteiger partial charge in [0.2, 0.25) is 0 Å². The molecule has 16 heavy (non-hydrogen) atoms. The Bertz CT molecular complexity index is 312. The first-order valence-electron chi connectivity index (χ1n) is 4.80. The molecular weight excluding hydrogens is 219 g/mol. The van der Waals surface area contributed by atoms with Crippen LogP contribution in [0.2, 0.25) is 0 Å². The van der Waals surface area contributed by atoms with Crippen LogP contribution in [0.25, 0.3) is 0 Å². The topological polar surface area (TPSA) is 20.3 Å². The summed E-state index contributed by atoms with van der Waals surface area (Å²) in [5.74, 6) is 0.480. The van der Waals surface area contributed by atoms with E-state index in [1.54, 1.807) is 4.90 Å². The van der Waals surface area contributed by atoms with Crippen LogP contribution in [0, 0.1) is 12.3 Å². The number of rotatable bonds is 5. The second kappa shape index (κ2) is 6.21. The Hall–Kier alpha value is -1.44. The van der Waals surface area contributed by atoms with Crippen LogP contribution in [0.3, 0.4) is 0 Å². The first kappa shape index (κ1) is 14.6. The van der Waals surface area contributed by atoms with E-state index in [1.807, 2.05) is 6.92 Å². The van der Waals surface area contributed by atoms with E-state index in [9.17, 15) is 18.0 Å². The van der Waals surface area contributed by atoms with Gasteiger partial charge in [0, 0.05) is 18.3 Å². The lowest BCUT2D eigenvalue weighted by atomic mass is 10.2. The van der Waals surface area contributed by atoms with E-state index in [4.69, 9.17) is 6.42 Å². The number of carbonyl (C=O) groups is 1. The van der Waals surface area contributed by atoms with Crippen molar-refractivity contribution < 1.29 is 18.0 Å². The molecular formula is C11H14F3NO. The third-order valence-corrected chi connectivity index (χ3v) is 1.89. The molecule has 2 nitrogen and oxygen atoms in total. The van der Waals surface area contributed by atoms with Gasteiger partial charge >= 0.3 is 6.18 Å². The predicted octanol–water partition coefficient (Wildman–Crippen LogP) is 2.37. The molecule has 0 heterocycles. The molecule has 0 bridgehead atoms. The highest BCUT2D eigenvalue weighted by Crippen LogP contribution is 2.18. The van der Waals surface area contributed by atoms with Crippen molar-refractivity contribution in [2.75, 3.05) is 13.1 Å². The zero-order valence-electron chi connectivity index (χ0n) is 9.27. The second-order valence-electron chi connectivity index (χ2n) is 3.27. The number of terminal acetylenes is 1. The number of carbonyl (C=O) groups excluding carboxylic acids is 1. The predicted molar refractivity (Wildman–Crippen MR) is 55.5 cm³/mol. The second-order valence-corrected chi connectivity index (χ2v) is 3.27. The highest BCUT2D eigenvalue weighted by Gasteiger charge is 2.36. The average Bonchev–Trinajstić information content (AvgIpc) is 2.15. The maximum absolute atomic E-state index is 12.0. The van der Waals surface area contributed by atoms with Gasteiger partial charge in [0.15, 0.2) is 0 Å². The number of hydrogen-bond acceptors (Lipinski definition) is 2. The summed E-state index contributed by atoms with van der Waals surface area (Å²) in [6.07, 6.45) is 1.58. The molecule has 90 valence electrons. The highest BCUT2D eigenvalue weighted by atomic mass is 19.4. The molecule has 0 aliphatic rings. The Kier molecular flexibility index (Phi) is 5.65. The van der Waals surface area contributed by atoms with Gasteiger partial charge in [-0.3, -0.25) is 4.79 Å². The van der Waals surface area contributed by atoms with Gasteiger partial charge in [-0.05, 0) is 13.3 Å². The summed E-state index contributed by atoms with van der Waals surface area (Å²) >= 11 is 0. The van der Waals surface area contributed by atoms with E-state index in [0.29, 0.717) is 12.6 Å². The zero-order valence-corrected chi connectivity index (χ0v) is 9.27. The molecule has 0 radical (unpaired) electrons. The fourth-order valence-corrected chi connectivity index (χ4v) is 1.12. The molecule has 0 N–H and O–H groups in total. The fourth-order valence-electron chi connectivity index (χ4n) is 1.12. The highest BCUT2D eigenvalue weighted by molar-refractivity contribution is 5.94. The van der Waals surface area contributed by atoms with Gasteiger partial charge in [-0.25, -0.2) is 0 Å². The molecule has 0 aromatic rings. The van der Waals surface area contributed by atoms with Crippen molar-refractivity contribution in [3.05, 3.63) is 11.8 Å². The number of ketones is 1. The van der Waals surface area contributed by atoms with Crippen LogP contribution in [0.1, 0.15) is 20.3 Å². The third kappa shape index (κ3) is 4.87. The minimum atomic E-state index is -4.82. The Morgan fingerprint density at radius 2 is 2.06 bits per heavy atom. The lowest BCUT2D eigenvalue weighted by Gasteiger charge is -2.22. The van der Waals surface area contributed by atoms with Gasteiger partial charge in [-0.2, -0.15) is 13.2 Å². The van der Waals surface area contributed by atoms with Crippen LogP contribution in [-0.4, -0.2) is 29.9 Å². The Labute approximate surface area is 93.1 Å². The van der Waals surface area contributed by atoms with Gasteiger partial charge < -0.3 is 4.90 Å². The quantitative estimate of drug-likeness (QED) is 0.536. The van der Waals surface area contributed by atoms with Gasteiger partial charge in [-0.1, -0.05) is 12.8 Å². The summed E-state index contributed by atoms with van der Waals surface area (Å²) in [5, 5.41) is 0. The van der Waals surface area contributed by atoms with Crippen LogP contribution in [0.5, 0.6) is 0 Å². The van der Waals surface area contributed by atoms with Crippen LogP contribution >= 0.6 is 0 Å². The molecule has 0 fully saturated rings. The van der Waals surface area contributed by atoms with E-state index in [2.05, 4.69) is 5.92 Å². The molecule has 0 aromatic carbocycles. The monoisotopic (exact) mass is 233 g/mol. The summed E-state index contributed by atoms with van der Waals surface area (Å²) < 4.78 is 36.0. The van der Waals surface area contributed by atoms with Gasteiger partial charge in [0.05, 0.1) is 6.54 Å². The summed E-state index contributed by atoms with van der Waals surface area (Å²) in [5.41, 5.74) is 0.238. The van der Waals surface area contributed by atoms with Gasteiger partial charge in [-0.15, -0.1) is 6.42 Å². The lowest BCUT2D eigenvalue weighted by Crippen LogP contribution is -2.26. The Morgan fingerprint density at radius 1 is 1.50 bits per heavy atom. The van der Waals surface area contributed by atoms with Crippen molar-refractivity contribution >= 4 is 5.78 Å². The summed E-state index contributed by atoms with van der Waals surface area (Å²) in [4.78, 5) is 12.3. The van der Waals surface area contributed by atoms with E-state index < -0.39 is 12.0 Å². The lowest BCUT2D eigenvalue weighted by molar-refractivity contribution is -0.165. The van der Waals surface area contributed by atoms with Crippen LogP contribution < -0.4 is 0 Å². The van der Waals surface area contributed by atoms with Crippen molar-refractivity contribution in [1.29, 1.82) is 0 Å². The minimum absolute atomic E-state index is 0.196. The van der Waals surface area contributed by atoms with Crippen molar-refractivity contribution in [3.63, 3.8) is 0 Å². The van der Waals surface area contributed by atoms with Crippen molar-refractivity contribution in [3.8, 4) is 12.3 Å². The van der Waals surface area contributed by atoms with Crippen LogP contribution in [0.4, 0.5) is 13.2 Å². The van der Waals surface area contributed by atoms with Crippen molar-refractivity contribution in [1.82, 2.24) is 4.90 Å². The standard InChI is InChI=1S/C11H14F3NO/c1-4-6-15(7-5-2)9(3)8-10(16)11(12,13)14/h1,8H,5-7H2,2-3H3/b9-8+. The third-order valence-electron chi connectivity index (χ3n) is 1.89. The first-order valence-corrected chi connectivity index (χ1v) is 4.80. The number of hydrogen-bond donors (Lipinski definition) is 0. The molecule has 0 saturated heterocycles. The molecule has 0 aliphatic heterocycles. The smallest absolute Gasteiger partial charge is 0.364 e. The normalized spacial score (nSPS) is 12.1. The number of halogens is 3. The minimum Gasteiger partial charge on any atom is -0.364 e. The summed E-state index contributed by atoms with van der Waals surface area (Å²) in [6.45, 7) is 4.04.